The van der Waals surface area contributed by atoms with E-state index in [1.54, 1.807) is 11.0 Å². The van der Waals surface area contributed by atoms with Crippen molar-refractivity contribution in [1.29, 1.82) is 0 Å². The van der Waals surface area contributed by atoms with Crippen LogP contribution in [0.15, 0.2) is 24.8 Å². The van der Waals surface area contributed by atoms with Gasteiger partial charge in [-0.2, -0.15) is 12.6 Å². The summed E-state index contributed by atoms with van der Waals surface area (Å²) in [6.45, 7) is 3.66. The van der Waals surface area contributed by atoms with Crippen molar-refractivity contribution in [2.45, 2.75) is 17.7 Å². The molecule has 0 radical (unpaired) electrons. The zero-order chi connectivity index (χ0) is 12.0. The van der Waals surface area contributed by atoms with Crippen LogP contribution in [0, 0.1) is 0 Å². The quantitative estimate of drug-likeness (QED) is 0.608. The maximum Gasteiger partial charge on any atom is 0.410 e. The lowest BCUT2D eigenvalue weighted by Gasteiger charge is -2.20. The van der Waals surface area contributed by atoms with E-state index in [-0.39, 0.29) is 17.9 Å². The van der Waals surface area contributed by atoms with E-state index in [0.717, 1.165) is 6.42 Å². The Balaban J connectivity index is 2.57. The number of hydrogen-bond acceptors (Lipinski definition) is 3. The van der Waals surface area contributed by atoms with E-state index >= 15 is 0 Å². The highest BCUT2D eigenvalue weighted by molar-refractivity contribution is 7.81. The van der Waals surface area contributed by atoms with Gasteiger partial charge in [0.15, 0.2) is 0 Å². The first-order valence-electron chi connectivity index (χ1n) is 5.14. The molecule has 0 unspecified atom stereocenters. The molecule has 0 aliphatic carbocycles. The molecule has 0 saturated carbocycles. The number of halogens is 1. The van der Waals surface area contributed by atoms with Crippen molar-refractivity contribution in [2.24, 2.45) is 0 Å². The summed E-state index contributed by atoms with van der Waals surface area (Å²) in [6, 6.07) is -0.115. The van der Waals surface area contributed by atoms with Crippen molar-refractivity contribution in [3.63, 3.8) is 0 Å². The third-order valence-electron chi connectivity index (χ3n) is 2.33. The SMILES string of the molecule is C=CCOC(=O)N1C[C@@H](S)C[C@H]1C=CCF. The van der Waals surface area contributed by atoms with Gasteiger partial charge in [0.25, 0.3) is 0 Å². The second-order valence-electron chi connectivity index (χ2n) is 3.56. The molecule has 1 amide bonds. The second kappa shape index (κ2) is 6.58. The normalized spacial score (nSPS) is 25.0. The Morgan fingerprint density at radius 1 is 1.69 bits per heavy atom. The van der Waals surface area contributed by atoms with E-state index in [1.165, 1.54) is 12.2 Å². The Morgan fingerprint density at radius 3 is 3.06 bits per heavy atom. The van der Waals surface area contributed by atoms with E-state index in [4.69, 9.17) is 4.74 Å². The highest BCUT2D eigenvalue weighted by atomic mass is 32.1. The number of hydrogen-bond donors (Lipinski definition) is 1. The van der Waals surface area contributed by atoms with Crippen LogP contribution in [0.25, 0.3) is 0 Å². The minimum Gasteiger partial charge on any atom is -0.445 e. The molecule has 90 valence electrons. The first kappa shape index (κ1) is 13.1. The average molecular weight is 245 g/mol. The van der Waals surface area contributed by atoms with Gasteiger partial charge < -0.3 is 9.64 Å². The van der Waals surface area contributed by atoms with Crippen molar-refractivity contribution < 1.29 is 13.9 Å². The first-order chi connectivity index (χ1) is 7.69. The molecule has 1 rings (SSSR count). The smallest absolute Gasteiger partial charge is 0.410 e. The average Bonchev–Trinajstić information content (AvgIpc) is 2.64. The molecule has 0 aromatic rings. The van der Waals surface area contributed by atoms with E-state index in [9.17, 15) is 9.18 Å². The minimum atomic E-state index is -0.525. The lowest BCUT2D eigenvalue weighted by molar-refractivity contribution is 0.114. The molecule has 0 aromatic heterocycles. The molecular weight excluding hydrogens is 229 g/mol. The number of nitrogens with zero attached hydrogens (tertiary/aromatic N) is 1. The van der Waals surface area contributed by atoms with E-state index < -0.39 is 12.8 Å². The fourth-order valence-corrected chi connectivity index (χ4v) is 2.05. The monoisotopic (exact) mass is 245 g/mol. The number of rotatable bonds is 4. The van der Waals surface area contributed by atoms with E-state index in [2.05, 4.69) is 19.2 Å². The molecule has 1 saturated heterocycles. The number of ether oxygens (including phenoxy) is 1. The first-order valence-corrected chi connectivity index (χ1v) is 5.65. The van der Waals surface area contributed by atoms with Gasteiger partial charge in [-0.25, -0.2) is 9.18 Å². The maximum atomic E-state index is 12.0. The van der Waals surface area contributed by atoms with Crippen LogP contribution in [0.2, 0.25) is 0 Å². The molecule has 3 nitrogen and oxygen atoms in total. The third-order valence-corrected chi connectivity index (χ3v) is 2.70. The van der Waals surface area contributed by atoms with Crippen LogP contribution in [-0.4, -0.2) is 42.1 Å². The fraction of sp³-hybridized carbons (Fsp3) is 0.545. The molecule has 5 heteroatoms. The predicted molar refractivity (Wildman–Crippen MR) is 64.5 cm³/mol. The molecule has 16 heavy (non-hydrogen) atoms. The number of allylic oxidation sites excluding steroid dienone is 1. The maximum absolute atomic E-state index is 12.0. The van der Waals surface area contributed by atoms with Gasteiger partial charge in [0.1, 0.15) is 13.3 Å². The summed E-state index contributed by atoms with van der Waals surface area (Å²) >= 11 is 4.32. The third kappa shape index (κ3) is 3.56. The Hall–Kier alpha value is -0.970. The Kier molecular flexibility index (Phi) is 5.38. The number of likely N-dealkylation sites (tertiary alicyclic amines) is 1. The van der Waals surface area contributed by atoms with Gasteiger partial charge in [-0.1, -0.05) is 24.8 Å². The van der Waals surface area contributed by atoms with Crippen LogP contribution in [0.5, 0.6) is 0 Å². The largest absolute Gasteiger partial charge is 0.445 e. The molecule has 0 aromatic carbocycles. The minimum absolute atomic E-state index is 0.115. The van der Waals surface area contributed by atoms with Gasteiger partial charge >= 0.3 is 6.09 Å². The molecule has 2 atom stereocenters. The number of thiol groups is 1. The zero-order valence-electron chi connectivity index (χ0n) is 9.01. The summed E-state index contributed by atoms with van der Waals surface area (Å²) in [6.07, 6.45) is 4.93. The molecule has 0 N–H and O–H groups in total. The molecular formula is C11H16FNO2S. The number of alkyl halides is 1. The lowest BCUT2D eigenvalue weighted by atomic mass is 10.2. The van der Waals surface area contributed by atoms with Crippen LogP contribution in [0.1, 0.15) is 6.42 Å². The van der Waals surface area contributed by atoms with Gasteiger partial charge in [-0.3, -0.25) is 0 Å². The van der Waals surface area contributed by atoms with Gasteiger partial charge in [0.05, 0.1) is 6.04 Å². The van der Waals surface area contributed by atoms with Crippen molar-refractivity contribution in [1.82, 2.24) is 4.90 Å². The van der Waals surface area contributed by atoms with Crippen LogP contribution in [0.4, 0.5) is 9.18 Å². The summed E-state index contributed by atoms with van der Waals surface area (Å²) in [4.78, 5) is 13.2. The summed E-state index contributed by atoms with van der Waals surface area (Å²) in [5.74, 6) is 0. The van der Waals surface area contributed by atoms with Crippen LogP contribution >= 0.6 is 12.6 Å². The van der Waals surface area contributed by atoms with Gasteiger partial charge in [0.2, 0.25) is 0 Å². The van der Waals surface area contributed by atoms with Crippen molar-refractivity contribution in [2.75, 3.05) is 19.8 Å². The highest BCUT2D eigenvalue weighted by Gasteiger charge is 2.32. The van der Waals surface area contributed by atoms with Crippen molar-refractivity contribution in [3.05, 3.63) is 24.8 Å². The zero-order valence-corrected chi connectivity index (χ0v) is 9.91. The Labute approximate surface area is 100 Å². The summed E-state index contributed by atoms with van der Waals surface area (Å²) in [5.41, 5.74) is 0. The Bertz CT molecular complexity index is 283. The predicted octanol–water partition coefficient (Wildman–Crippen LogP) is 2.21. The molecule has 1 fully saturated rings. The standard InChI is InChI=1S/C11H16FNO2S/c1-2-6-15-11(14)13-8-10(16)7-9(13)4-3-5-12/h2-4,9-10,16H,1,5-8H2/t9-,10+/m1/s1. The van der Waals surface area contributed by atoms with Crippen LogP contribution in [-0.2, 0) is 4.74 Å². The number of carbonyl (C=O) groups is 1. The summed E-state index contributed by atoms with van der Waals surface area (Å²) in [5, 5.41) is 0.116. The molecule has 0 spiro atoms. The molecule has 1 heterocycles. The van der Waals surface area contributed by atoms with E-state index in [1.807, 2.05) is 0 Å². The van der Waals surface area contributed by atoms with E-state index in [0.29, 0.717) is 6.54 Å². The number of carbonyl (C=O) groups excluding carboxylic acids is 1. The Morgan fingerprint density at radius 2 is 2.44 bits per heavy atom. The van der Waals surface area contributed by atoms with Crippen molar-refractivity contribution in [3.8, 4) is 0 Å². The number of amides is 1. The summed E-state index contributed by atoms with van der Waals surface area (Å²) in [7, 11) is 0. The second-order valence-corrected chi connectivity index (χ2v) is 4.29. The van der Waals surface area contributed by atoms with Gasteiger partial charge in [0, 0.05) is 11.8 Å². The molecule has 0 bridgehead atoms. The van der Waals surface area contributed by atoms with Crippen LogP contribution < -0.4 is 0 Å². The highest BCUT2D eigenvalue weighted by Crippen LogP contribution is 2.23. The molecule has 1 aliphatic rings. The molecule has 1 aliphatic heterocycles. The van der Waals surface area contributed by atoms with Crippen LogP contribution in [0.3, 0.4) is 0 Å². The van der Waals surface area contributed by atoms with Gasteiger partial charge in [-0.05, 0) is 6.42 Å². The van der Waals surface area contributed by atoms with Gasteiger partial charge in [-0.15, -0.1) is 0 Å². The van der Waals surface area contributed by atoms with Crippen molar-refractivity contribution >= 4 is 18.7 Å². The fourth-order valence-electron chi connectivity index (χ4n) is 1.66. The lowest BCUT2D eigenvalue weighted by Crippen LogP contribution is -2.35. The topological polar surface area (TPSA) is 29.5 Å². The summed E-state index contributed by atoms with van der Waals surface area (Å²) < 4.78 is 17.0.